The fourth-order valence-electron chi connectivity index (χ4n) is 3.79. The van der Waals surface area contributed by atoms with Crippen LogP contribution in [0.25, 0.3) is 16.6 Å². The van der Waals surface area contributed by atoms with Crippen LogP contribution in [0.5, 0.6) is 11.5 Å². The van der Waals surface area contributed by atoms with Gasteiger partial charge in [-0.25, -0.2) is 13.4 Å². The number of nitrogens with one attached hydrogen (secondary N) is 1. The minimum Gasteiger partial charge on any atom is -0.457 e. The third kappa shape index (κ3) is 4.68. The van der Waals surface area contributed by atoms with Crippen LogP contribution in [0.1, 0.15) is 5.82 Å². The second-order valence-corrected chi connectivity index (χ2v) is 10.1. The van der Waals surface area contributed by atoms with Crippen molar-refractivity contribution >= 4 is 38.2 Å². The Bertz CT molecular complexity index is 1740. The molecule has 0 aliphatic rings. The Hall–Kier alpha value is -4.14. The lowest BCUT2D eigenvalue weighted by Gasteiger charge is -2.15. The van der Waals surface area contributed by atoms with Crippen LogP contribution in [0.2, 0.25) is 5.02 Å². The quantitative estimate of drug-likeness (QED) is 0.301. The Labute approximate surface area is 212 Å². The van der Waals surface area contributed by atoms with E-state index in [1.807, 2.05) is 24.3 Å². The van der Waals surface area contributed by atoms with Crippen LogP contribution in [0, 0.1) is 6.92 Å². The molecule has 36 heavy (non-hydrogen) atoms. The van der Waals surface area contributed by atoms with Crippen LogP contribution in [0.3, 0.4) is 0 Å². The molecule has 9 heteroatoms. The molecule has 1 N–H and O–H groups in total. The molecular weight excluding hydrogens is 498 g/mol. The molecule has 5 aromatic rings. The number of hydrogen-bond donors (Lipinski definition) is 1. The minimum atomic E-state index is -3.97. The van der Waals surface area contributed by atoms with Gasteiger partial charge in [0.05, 0.1) is 32.2 Å². The number of aryl methyl sites for hydroxylation is 1. The highest BCUT2D eigenvalue weighted by molar-refractivity contribution is 7.92. The zero-order valence-corrected chi connectivity index (χ0v) is 20.6. The topological polar surface area (TPSA) is 90.3 Å². The fourth-order valence-corrected chi connectivity index (χ4v) is 5.08. The van der Waals surface area contributed by atoms with Crippen LogP contribution in [0.15, 0.2) is 107 Å². The summed E-state index contributed by atoms with van der Waals surface area (Å²) in [5, 5.41) is 0.642. The number of sulfonamides is 1. The molecule has 180 valence electrons. The smallest absolute Gasteiger partial charge is 0.265 e. The number of benzene rings is 4. The summed E-state index contributed by atoms with van der Waals surface area (Å²) in [6.45, 7) is 1.71. The predicted molar refractivity (Wildman–Crippen MR) is 141 cm³/mol. The van der Waals surface area contributed by atoms with Gasteiger partial charge in [-0.3, -0.25) is 14.1 Å². The molecule has 0 saturated carbocycles. The minimum absolute atomic E-state index is 0.0325. The summed E-state index contributed by atoms with van der Waals surface area (Å²) in [7, 11) is -3.97. The molecule has 0 saturated heterocycles. The van der Waals surface area contributed by atoms with Gasteiger partial charge < -0.3 is 4.74 Å². The number of halogens is 1. The van der Waals surface area contributed by atoms with Crippen molar-refractivity contribution < 1.29 is 13.2 Å². The molecule has 1 aromatic heterocycles. The van der Waals surface area contributed by atoms with Gasteiger partial charge in [0.2, 0.25) is 0 Å². The maximum atomic E-state index is 13.2. The van der Waals surface area contributed by atoms with Crippen molar-refractivity contribution in [1.29, 1.82) is 0 Å². The Morgan fingerprint density at radius 3 is 2.28 bits per heavy atom. The van der Waals surface area contributed by atoms with E-state index in [2.05, 4.69) is 9.71 Å². The summed E-state index contributed by atoms with van der Waals surface area (Å²) in [4.78, 5) is 17.7. The standard InChI is InChI=1S/C27H20ClN3O4S/c1-18-29-25-10-6-5-9-23(25)27(32)31(18)19-11-16-24(28)26(17-19)30-36(33,34)22-14-12-21(13-15-22)35-20-7-3-2-4-8-20/h2-17,30H,1H3. The summed E-state index contributed by atoms with van der Waals surface area (Å²) < 4.78 is 35.8. The highest BCUT2D eigenvalue weighted by Crippen LogP contribution is 2.29. The summed E-state index contributed by atoms with van der Waals surface area (Å²) in [5.41, 5.74) is 0.900. The van der Waals surface area contributed by atoms with Gasteiger partial charge in [-0.15, -0.1) is 0 Å². The SMILES string of the molecule is Cc1nc2ccccc2c(=O)n1-c1ccc(Cl)c(NS(=O)(=O)c2ccc(Oc3ccccc3)cc2)c1. The molecule has 5 rings (SSSR count). The average Bonchev–Trinajstić information content (AvgIpc) is 2.87. The van der Waals surface area contributed by atoms with Crippen LogP contribution in [-0.2, 0) is 10.0 Å². The number of nitrogens with zero attached hydrogens (tertiary/aromatic N) is 2. The Kier molecular flexibility index (Phi) is 6.22. The molecule has 1 heterocycles. The van der Waals surface area contributed by atoms with E-state index in [4.69, 9.17) is 16.3 Å². The van der Waals surface area contributed by atoms with E-state index in [9.17, 15) is 13.2 Å². The lowest BCUT2D eigenvalue weighted by Crippen LogP contribution is -2.22. The Morgan fingerprint density at radius 1 is 0.861 bits per heavy atom. The van der Waals surface area contributed by atoms with Gasteiger partial charge in [0.25, 0.3) is 15.6 Å². The highest BCUT2D eigenvalue weighted by Gasteiger charge is 2.18. The number of rotatable bonds is 6. The molecule has 0 aliphatic heterocycles. The van der Waals surface area contributed by atoms with Gasteiger partial charge in [-0.1, -0.05) is 41.9 Å². The third-order valence-corrected chi connectivity index (χ3v) is 7.22. The first kappa shape index (κ1) is 23.6. The van der Waals surface area contributed by atoms with Crippen molar-refractivity contribution in [3.05, 3.63) is 118 Å². The van der Waals surface area contributed by atoms with Crippen molar-refractivity contribution in [1.82, 2.24) is 9.55 Å². The zero-order valence-electron chi connectivity index (χ0n) is 19.1. The molecule has 0 bridgehead atoms. The van der Waals surface area contributed by atoms with E-state index in [1.165, 1.54) is 28.8 Å². The molecule has 0 unspecified atom stereocenters. The number of ether oxygens (including phenoxy) is 1. The molecule has 0 fully saturated rings. The predicted octanol–water partition coefficient (Wildman–Crippen LogP) is 5.94. The van der Waals surface area contributed by atoms with Gasteiger partial charge in [0, 0.05) is 0 Å². The second kappa shape index (κ2) is 9.49. The monoisotopic (exact) mass is 517 g/mol. The maximum absolute atomic E-state index is 13.2. The molecule has 0 aliphatic carbocycles. The third-order valence-electron chi connectivity index (χ3n) is 5.51. The normalized spacial score (nSPS) is 11.4. The summed E-state index contributed by atoms with van der Waals surface area (Å²) in [5.74, 6) is 1.60. The van der Waals surface area contributed by atoms with E-state index in [0.29, 0.717) is 33.9 Å². The van der Waals surface area contributed by atoms with Crippen molar-refractivity contribution in [2.45, 2.75) is 11.8 Å². The van der Waals surface area contributed by atoms with E-state index < -0.39 is 10.0 Å². The molecule has 0 atom stereocenters. The summed E-state index contributed by atoms with van der Waals surface area (Å²) in [6, 6.07) is 27.0. The van der Waals surface area contributed by atoms with Crippen molar-refractivity contribution in [3.63, 3.8) is 0 Å². The first-order chi connectivity index (χ1) is 17.3. The van der Waals surface area contributed by atoms with Crippen molar-refractivity contribution in [3.8, 4) is 17.2 Å². The molecule has 0 amide bonds. The van der Waals surface area contributed by atoms with Crippen molar-refractivity contribution in [2.24, 2.45) is 0 Å². The number of aromatic nitrogens is 2. The molecule has 0 spiro atoms. The fraction of sp³-hybridized carbons (Fsp3) is 0.0370. The Balaban J connectivity index is 1.45. The number of para-hydroxylation sites is 2. The lowest BCUT2D eigenvalue weighted by atomic mass is 10.2. The number of fused-ring (bicyclic) bond motifs is 1. The summed E-state index contributed by atoms with van der Waals surface area (Å²) >= 11 is 6.32. The number of hydrogen-bond acceptors (Lipinski definition) is 5. The van der Waals surface area contributed by atoms with E-state index >= 15 is 0 Å². The molecule has 4 aromatic carbocycles. The average molecular weight is 518 g/mol. The molecule has 7 nitrogen and oxygen atoms in total. The van der Waals surface area contributed by atoms with Gasteiger partial charge >= 0.3 is 0 Å². The molecule has 0 radical (unpaired) electrons. The zero-order chi connectivity index (χ0) is 25.3. The van der Waals surface area contributed by atoms with Gasteiger partial charge in [-0.05, 0) is 73.7 Å². The van der Waals surface area contributed by atoms with Crippen LogP contribution in [0.4, 0.5) is 5.69 Å². The first-order valence-electron chi connectivity index (χ1n) is 11.0. The molecular formula is C27H20ClN3O4S. The highest BCUT2D eigenvalue weighted by atomic mass is 35.5. The lowest BCUT2D eigenvalue weighted by molar-refractivity contribution is 0.482. The largest absolute Gasteiger partial charge is 0.457 e. The van der Waals surface area contributed by atoms with E-state index in [-0.39, 0.29) is 21.2 Å². The van der Waals surface area contributed by atoms with Crippen LogP contribution in [-0.4, -0.2) is 18.0 Å². The van der Waals surface area contributed by atoms with E-state index in [1.54, 1.807) is 55.5 Å². The number of anilines is 1. The van der Waals surface area contributed by atoms with Crippen molar-refractivity contribution in [2.75, 3.05) is 4.72 Å². The maximum Gasteiger partial charge on any atom is 0.265 e. The Morgan fingerprint density at radius 2 is 1.53 bits per heavy atom. The first-order valence-corrected chi connectivity index (χ1v) is 12.8. The van der Waals surface area contributed by atoms with Gasteiger partial charge in [-0.2, -0.15) is 0 Å². The van der Waals surface area contributed by atoms with E-state index in [0.717, 1.165) is 0 Å². The van der Waals surface area contributed by atoms with Crippen LogP contribution >= 0.6 is 11.6 Å². The van der Waals surface area contributed by atoms with Crippen LogP contribution < -0.4 is 15.0 Å². The van der Waals surface area contributed by atoms with Gasteiger partial charge in [0.15, 0.2) is 0 Å². The summed E-state index contributed by atoms with van der Waals surface area (Å²) in [6.07, 6.45) is 0. The van der Waals surface area contributed by atoms with Gasteiger partial charge in [0.1, 0.15) is 17.3 Å². The second-order valence-electron chi connectivity index (χ2n) is 7.97.